The van der Waals surface area contributed by atoms with Crippen molar-refractivity contribution in [1.82, 2.24) is 19.7 Å². The molecule has 3 aromatic heterocycles. The van der Waals surface area contributed by atoms with E-state index >= 15 is 0 Å². The van der Waals surface area contributed by atoms with Crippen molar-refractivity contribution in [2.45, 2.75) is 20.1 Å². The summed E-state index contributed by atoms with van der Waals surface area (Å²) >= 11 is 1.30. The number of amides is 1. The lowest BCUT2D eigenvalue weighted by molar-refractivity contribution is 0.103. The Kier molecular flexibility index (Phi) is 6.62. The molecular formula is C22H23N5O4S. The molecule has 0 aliphatic rings. The van der Waals surface area contributed by atoms with Crippen LogP contribution >= 0.6 is 11.3 Å². The minimum absolute atomic E-state index is 0.227. The highest BCUT2D eigenvalue weighted by molar-refractivity contribution is 7.20. The first-order valence-electron chi connectivity index (χ1n) is 9.93. The van der Waals surface area contributed by atoms with E-state index in [-0.39, 0.29) is 12.5 Å². The molecule has 0 spiro atoms. The molecule has 10 heteroatoms. The average molecular weight is 454 g/mol. The molecule has 0 saturated carbocycles. The molecule has 9 nitrogen and oxygen atoms in total. The predicted molar refractivity (Wildman–Crippen MR) is 122 cm³/mol. The summed E-state index contributed by atoms with van der Waals surface area (Å²) in [5, 5.41) is 7.82. The van der Waals surface area contributed by atoms with Crippen molar-refractivity contribution in [3.8, 4) is 11.6 Å². The SMILES string of the molecule is COCc1nc(OC)c2c(C)c(C(=O)Nc3cccc(OCCn4cccn4)c3)sc2n1. The first-order valence-corrected chi connectivity index (χ1v) is 10.7. The fraction of sp³-hybridized carbons (Fsp3) is 0.273. The Morgan fingerprint density at radius 1 is 1.22 bits per heavy atom. The maximum absolute atomic E-state index is 13.0. The Morgan fingerprint density at radius 2 is 2.09 bits per heavy atom. The molecular weight excluding hydrogens is 430 g/mol. The predicted octanol–water partition coefficient (Wildman–Crippen LogP) is 3.68. The molecule has 1 N–H and O–H groups in total. The number of carbonyl (C=O) groups excluding carboxylic acids is 1. The fourth-order valence-corrected chi connectivity index (χ4v) is 4.33. The van der Waals surface area contributed by atoms with Crippen molar-refractivity contribution in [2.24, 2.45) is 0 Å². The van der Waals surface area contributed by atoms with Crippen molar-refractivity contribution in [3.05, 3.63) is 59.0 Å². The monoisotopic (exact) mass is 453 g/mol. The quantitative estimate of drug-likeness (QED) is 0.413. The number of carbonyl (C=O) groups is 1. The molecule has 0 fully saturated rings. The molecule has 4 rings (SSSR count). The molecule has 1 aromatic carbocycles. The van der Waals surface area contributed by atoms with Gasteiger partial charge in [-0.1, -0.05) is 6.07 Å². The highest BCUT2D eigenvalue weighted by Crippen LogP contribution is 2.35. The Bertz CT molecular complexity index is 1220. The first-order chi connectivity index (χ1) is 15.6. The standard InChI is InChI=1S/C22H23N5O4S/c1-14-18-21(30-3)25-17(13-29-2)26-22(18)32-19(14)20(28)24-15-6-4-7-16(12-15)31-11-10-27-9-5-8-23-27/h4-9,12H,10-11,13H2,1-3H3,(H,24,28). The number of nitrogens with one attached hydrogen (secondary N) is 1. The van der Waals surface area contributed by atoms with Crippen LogP contribution in [0.2, 0.25) is 0 Å². The number of aryl methyl sites for hydroxylation is 1. The number of anilines is 1. The van der Waals surface area contributed by atoms with Crippen molar-refractivity contribution < 1.29 is 19.0 Å². The van der Waals surface area contributed by atoms with Gasteiger partial charge in [-0.15, -0.1) is 11.3 Å². The van der Waals surface area contributed by atoms with Gasteiger partial charge >= 0.3 is 0 Å². The van der Waals surface area contributed by atoms with Crippen molar-refractivity contribution >= 4 is 33.1 Å². The zero-order valence-electron chi connectivity index (χ0n) is 18.0. The number of thiophene rings is 1. The summed E-state index contributed by atoms with van der Waals surface area (Å²) in [5.41, 5.74) is 1.41. The molecule has 0 bridgehead atoms. The Morgan fingerprint density at radius 3 is 2.84 bits per heavy atom. The van der Waals surface area contributed by atoms with Crippen LogP contribution in [-0.4, -0.2) is 46.5 Å². The molecule has 1 amide bonds. The Hall–Kier alpha value is -3.50. The van der Waals surface area contributed by atoms with Crippen LogP contribution in [0, 0.1) is 6.92 Å². The van der Waals surface area contributed by atoms with Gasteiger partial charge in [0.05, 0.1) is 23.9 Å². The number of aromatic nitrogens is 4. The van der Waals surface area contributed by atoms with Gasteiger partial charge < -0.3 is 19.5 Å². The van der Waals surface area contributed by atoms with Gasteiger partial charge in [-0.3, -0.25) is 9.48 Å². The highest BCUT2D eigenvalue weighted by Gasteiger charge is 2.21. The van der Waals surface area contributed by atoms with Crippen molar-refractivity contribution in [1.29, 1.82) is 0 Å². The second-order valence-corrected chi connectivity index (χ2v) is 7.92. The Labute approximate surface area is 189 Å². The number of fused-ring (bicyclic) bond motifs is 1. The molecule has 32 heavy (non-hydrogen) atoms. The van der Waals surface area contributed by atoms with Gasteiger partial charge in [-0.25, -0.2) is 4.98 Å². The number of methoxy groups -OCH3 is 2. The minimum Gasteiger partial charge on any atom is -0.492 e. The number of rotatable bonds is 9. The van der Waals surface area contributed by atoms with Crippen LogP contribution in [-0.2, 0) is 17.9 Å². The normalized spacial score (nSPS) is 11.0. The maximum Gasteiger partial charge on any atom is 0.266 e. The van der Waals surface area contributed by atoms with Gasteiger partial charge in [0.2, 0.25) is 5.88 Å². The summed E-state index contributed by atoms with van der Waals surface area (Å²) in [6.45, 7) is 3.23. The van der Waals surface area contributed by atoms with Gasteiger partial charge in [0.25, 0.3) is 5.91 Å². The second kappa shape index (κ2) is 9.75. The van der Waals surface area contributed by atoms with E-state index < -0.39 is 0 Å². The third-order valence-electron chi connectivity index (χ3n) is 4.72. The lowest BCUT2D eigenvalue weighted by atomic mass is 10.2. The number of nitrogens with zero attached hydrogens (tertiary/aromatic N) is 4. The molecule has 0 atom stereocenters. The van der Waals surface area contributed by atoms with Gasteiger partial charge in [0, 0.05) is 31.3 Å². The van der Waals surface area contributed by atoms with Crippen LogP contribution in [0.15, 0.2) is 42.7 Å². The van der Waals surface area contributed by atoms with Crippen LogP contribution in [0.25, 0.3) is 10.2 Å². The second-order valence-electron chi connectivity index (χ2n) is 6.92. The smallest absolute Gasteiger partial charge is 0.266 e. The molecule has 4 aromatic rings. The van der Waals surface area contributed by atoms with Gasteiger partial charge in [-0.05, 0) is 30.7 Å². The third kappa shape index (κ3) is 4.71. The summed E-state index contributed by atoms with van der Waals surface area (Å²) in [4.78, 5) is 23.1. The van der Waals surface area contributed by atoms with Gasteiger partial charge in [0.15, 0.2) is 5.82 Å². The number of hydrogen-bond donors (Lipinski definition) is 1. The van der Waals surface area contributed by atoms with E-state index in [0.29, 0.717) is 46.0 Å². The average Bonchev–Trinajstić information content (AvgIpc) is 3.42. The lowest BCUT2D eigenvalue weighted by Crippen LogP contribution is -2.12. The summed E-state index contributed by atoms with van der Waals surface area (Å²) in [7, 11) is 3.13. The van der Waals surface area contributed by atoms with E-state index in [4.69, 9.17) is 14.2 Å². The largest absolute Gasteiger partial charge is 0.492 e. The molecule has 166 valence electrons. The lowest BCUT2D eigenvalue weighted by Gasteiger charge is -2.09. The van der Waals surface area contributed by atoms with Crippen molar-refractivity contribution in [2.75, 3.05) is 26.1 Å². The van der Waals surface area contributed by atoms with Crippen LogP contribution in [0.1, 0.15) is 21.1 Å². The zero-order valence-corrected chi connectivity index (χ0v) is 18.8. The van der Waals surface area contributed by atoms with Crippen LogP contribution in [0.4, 0.5) is 5.69 Å². The number of hydrogen-bond acceptors (Lipinski definition) is 8. The van der Waals surface area contributed by atoms with Crippen molar-refractivity contribution in [3.63, 3.8) is 0 Å². The maximum atomic E-state index is 13.0. The van der Waals surface area contributed by atoms with Crippen LogP contribution in [0.5, 0.6) is 11.6 Å². The summed E-state index contributed by atoms with van der Waals surface area (Å²) < 4.78 is 18.1. The molecule has 0 unspecified atom stereocenters. The van der Waals surface area contributed by atoms with E-state index in [2.05, 4.69) is 20.4 Å². The first kappa shape index (κ1) is 21.7. The topological polar surface area (TPSA) is 100 Å². The molecule has 0 aliphatic heterocycles. The fourth-order valence-electron chi connectivity index (χ4n) is 3.24. The summed E-state index contributed by atoms with van der Waals surface area (Å²) in [6.07, 6.45) is 3.61. The van der Waals surface area contributed by atoms with E-state index in [1.807, 2.05) is 37.4 Å². The van der Waals surface area contributed by atoms with E-state index in [1.165, 1.54) is 11.3 Å². The summed E-state index contributed by atoms with van der Waals surface area (Å²) in [6, 6.07) is 9.16. The third-order valence-corrected chi connectivity index (χ3v) is 5.90. The number of benzene rings is 1. The number of ether oxygens (including phenoxy) is 3. The zero-order chi connectivity index (χ0) is 22.5. The molecule has 3 heterocycles. The molecule has 0 aliphatic carbocycles. The van der Waals surface area contributed by atoms with E-state index in [0.717, 1.165) is 10.9 Å². The highest BCUT2D eigenvalue weighted by atomic mass is 32.1. The van der Waals surface area contributed by atoms with E-state index in [9.17, 15) is 4.79 Å². The van der Waals surface area contributed by atoms with Gasteiger partial charge in [-0.2, -0.15) is 10.1 Å². The van der Waals surface area contributed by atoms with Crippen LogP contribution < -0.4 is 14.8 Å². The Balaban J connectivity index is 1.50. The van der Waals surface area contributed by atoms with Crippen LogP contribution in [0.3, 0.4) is 0 Å². The molecule has 0 radical (unpaired) electrons. The molecule has 0 saturated heterocycles. The minimum atomic E-state index is -0.227. The van der Waals surface area contributed by atoms with Gasteiger partial charge in [0.1, 0.15) is 23.8 Å². The summed E-state index contributed by atoms with van der Waals surface area (Å²) in [5.74, 6) is 1.38. The van der Waals surface area contributed by atoms with E-state index in [1.54, 1.807) is 31.2 Å².